The predicted octanol–water partition coefficient (Wildman–Crippen LogP) is 2.24. The third kappa shape index (κ3) is 3.56. The van der Waals surface area contributed by atoms with E-state index in [-0.39, 0.29) is 16.7 Å². The number of hydrogen-bond donors (Lipinski definition) is 1. The Bertz CT molecular complexity index is 560. The van der Waals surface area contributed by atoms with Gasteiger partial charge in [-0.15, -0.1) is 0 Å². The zero-order valence-electron chi connectivity index (χ0n) is 10.5. The Hall–Kier alpha value is -2.34. The average molecular weight is 258 g/mol. The third-order valence-corrected chi connectivity index (χ3v) is 2.81. The van der Waals surface area contributed by atoms with Crippen LogP contribution in [0.5, 0.6) is 0 Å². The quantitative estimate of drug-likeness (QED) is 0.657. The molecule has 0 fully saturated rings. The maximum Gasteiger partial charge on any atom is 0.269 e. The SMILES string of the molecule is CC(NCc1ccncn1)c1cccc([N+](=O)[O-])c1. The van der Waals surface area contributed by atoms with Crippen molar-refractivity contribution in [2.75, 3.05) is 0 Å². The second-order valence-corrected chi connectivity index (χ2v) is 4.16. The van der Waals surface area contributed by atoms with Crippen LogP contribution in [0.1, 0.15) is 24.2 Å². The highest BCUT2D eigenvalue weighted by atomic mass is 16.6. The van der Waals surface area contributed by atoms with Crippen LogP contribution >= 0.6 is 0 Å². The van der Waals surface area contributed by atoms with Gasteiger partial charge < -0.3 is 5.32 Å². The van der Waals surface area contributed by atoms with Crippen LogP contribution in [0.3, 0.4) is 0 Å². The van der Waals surface area contributed by atoms with E-state index in [1.54, 1.807) is 18.3 Å². The lowest BCUT2D eigenvalue weighted by Crippen LogP contribution is -2.18. The van der Waals surface area contributed by atoms with E-state index in [4.69, 9.17) is 0 Å². The van der Waals surface area contributed by atoms with Crippen molar-refractivity contribution >= 4 is 5.69 Å². The van der Waals surface area contributed by atoms with Gasteiger partial charge in [0.15, 0.2) is 0 Å². The molecule has 0 radical (unpaired) electrons. The molecule has 0 aliphatic carbocycles. The van der Waals surface area contributed by atoms with Crippen LogP contribution in [0.4, 0.5) is 5.69 Å². The van der Waals surface area contributed by atoms with Crippen molar-refractivity contribution in [3.8, 4) is 0 Å². The smallest absolute Gasteiger partial charge is 0.269 e. The van der Waals surface area contributed by atoms with Gasteiger partial charge in [-0.2, -0.15) is 0 Å². The van der Waals surface area contributed by atoms with Crippen LogP contribution in [0.25, 0.3) is 0 Å². The van der Waals surface area contributed by atoms with Crippen LogP contribution in [0.2, 0.25) is 0 Å². The zero-order valence-corrected chi connectivity index (χ0v) is 10.5. The molecule has 0 aliphatic rings. The summed E-state index contributed by atoms with van der Waals surface area (Å²) < 4.78 is 0. The number of rotatable bonds is 5. The van der Waals surface area contributed by atoms with Crippen molar-refractivity contribution in [2.24, 2.45) is 0 Å². The summed E-state index contributed by atoms with van der Waals surface area (Å²) in [5, 5.41) is 14.0. The Balaban J connectivity index is 2.02. The summed E-state index contributed by atoms with van der Waals surface area (Å²) in [4.78, 5) is 18.3. The summed E-state index contributed by atoms with van der Waals surface area (Å²) in [6, 6.07) is 8.46. The first-order chi connectivity index (χ1) is 9.16. The Labute approximate surface area is 110 Å². The number of nitro benzene ring substituents is 1. The van der Waals surface area contributed by atoms with E-state index >= 15 is 0 Å². The highest BCUT2D eigenvalue weighted by Crippen LogP contribution is 2.19. The molecule has 0 saturated heterocycles. The van der Waals surface area contributed by atoms with E-state index in [0.29, 0.717) is 6.54 Å². The normalized spacial score (nSPS) is 12.1. The van der Waals surface area contributed by atoms with Gasteiger partial charge in [0.2, 0.25) is 0 Å². The minimum absolute atomic E-state index is 0.00913. The van der Waals surface area contributed by atoms with Gasteiger partial charge in [0, 0.05) is 30.9 Å². The summed E-state index contributed by atoms with van der Waals surface area (Å²) in [6.45, 7) is 2.55. The van der Waals surface area contributed by atoms with Gasteiger partial charge in [-0.25, -0.2) is 9.97 Å². The molecule has 98 valence electrons. The second-order valence-electron chi connectivity index (χ2n) is 4.16. The lowest BCUT2D eigenvalue weighted by Gasteiger charge is -2.13. The van der Waals surface area contributed by atoms with Crippen LogP contribution in [0, 0.1) is 10.1 Å². The average Bonchev–Trinajstić information content (AvgIpc) is 2.46. The van der Waals surface area contributed by atoms with Gasteiger partial charge in [-0.05, 0) is 18.6 Å². The first-order valence-corrected chi connectivity index (χ1v) is 5.89. The van der Waals surface area contributed by atoms with Gasteiger partial charge in [-0.1, -0.05) is 12.1 Å². The van der Waals surface area contributed by atoms with E-state index in [9.17, 15) is 10.1 Å². The largest absolute Gasteiger partial charge is 0.305 e. The minimum Gasteiger partial charge on any atom is -0.305 e. The number of nitro groups is 1. The van der Waals surface area contributed by atoms with Gasteiger partial charge in [0.1, 0.15) is 6.33 Å². The zero-order chi connectivity index (χ0) is 13.7. The maximum atomic E-state index is 10.7. The van der Waals surface area contributed by atoms with Crippen molar-refractivity contribution in [3.63, 3.8) is 0 Å². The minimum atomic E-state index is -0.388. The molecule has 0 spiro atoms. The summed E-state index contributed by atoms with van der Waals surface area (Å²) in [5.41, 5.74) is 1.86. The third-order valence-electron chi connectivity index (χ3n) is 2.81. The first-order valence-electron chi connectivity index (χ1n) is 5.89. The van der Waals surface area contributed by atoms with Crippen LogP contribution in [0.15, 0.2) is 42.9 Å². The lowest BCUT2D eigenvalue weighted by atomic mass is 10.1. The molecule has 1 aromatic carbocycles. The number of nitrogens with one attached hydrogen (secondary N) is 1. The molecule has 1 atom stereocenters. The molecular weight excluding hydrogens is 244 g/mol. The predicted molar refractivity (Wildman–Crippen MR) is 70.4 cm³/mol. The topological polar surface area (TPSA) is 81.0 Å². The fourth-order valence-corrected chi connectivity index (χ4v) is 1.71. The van der Waals surface area contributed by atoms with Gasteiger partial charge in [0.25, 0.3) is 5.69 Å². The highest BCUT2D eigenvalue weighted by Gasteiger charge is 2.10. The molecule has 2 rings (SSSR count). The molecule has 1 heterocycles. The summed E-state index contributed by atoms with van der Waals surface area (Å²) in [5.74, 6) is 0. The Morgan fingerprint density at radius 3 is 2.95 bits per heavy atom. The number of hydrogen-bond acceptors (Lipinski definition) is 5. The molecule has 6 heteroatoms. The van der Waals surface area contributed by atoms with Gasteiger partial charge >= 0.3 is 0 Å². The molecule has 19 heavy (non-hydrogen) atoms. The van der Waals surface area contributed by atoms with Crippen molar-refractivity contribution in [1.82, 2.24) is 15.3 Å². The summed E-state index contributed by atoms with van der Waals surface area (Å²) >= 11 is 0. The monoisotopic (exact) mass is 258 g/mol. The van der Waals surface area contributed by atoms with E-state index in [1.807, 2.05) is 19.1 Å². The molecular formula is C13H14N4O2. The van der Waals surface area contributed by atoms with E-state index < -0.39 is 0 Å². The number of nitrogens with zero attached hydrogens (tertiary/aromatic N) is 3. The van der Waals surface area contributed by atoms with Crippen LogP contribution in [-0.2, 0) is 6.54 Å². The lowest BCUT2D eigenvalue weighted by molar-refractivity contribution is -0.384. The Morgan fingerprint density at radius 1 is 1.42 bits per heavy atom. The maximum absolute atomic E-state index is 10.7. The Morgan fingerprint density at radius 2 is 2.26 bits per heavy atom. The standard InChI is InChI=1S/C13H14N4O2/c1-10(15-8-12-5-6-14-9-16-12)11-3-2-4-13(7-11)17(18)19/h2-7,9-10,15H,8H2,1H3. The molecule has 1 N–H and O–H groups in total. The Kier molecular flexibility index (Phi) is 4.15. The van der Waals surface area contributed by atoms with Gasteiger partial charge in [-0.3, -0.25) is 10.1 Å². The van der Waals surface area contributed by atoms with Crippen molar-refractivity contribution in [3.05, 3.63) is 64.2 Å². The van der Waals surface area contributed by atoms with E-state index in [2.05, 4.69) is 15.3 Å². The molecule has 0 amide bonds. The number of aromatic nitrogens is 2. The van der Waals surface area contributed by atoms with E-state index in [0.717, 1.165) is 11.3 Å². The van der Waals surface area contributed by atoms with Crippen molar-refractivity contribution in [2.45, 2.75) is 19.5 Å². The molecule has 0 aliphatic heterocycles. The second kappa shape index (κ2) is 6.01. The molecule has 2 aromatic rings. The number of non-ortho nitro benzene ring substituents is 1. The fraction of sp³-hybridized carbons (Fsp3) is 0.231. The van der Waals surface area contributed by atoms with E-state index in [1.165, 1.54) is 12.4 Å². The molecule has 1 unspecified atom stereocenters. The van der Waals surface area contributed by atoms with Crippen LogP contribution < -0.4 is 5.32 Å². The summed E-state index contributed by atoms with van der Waals surface area (Å²) in [7, 11) is 0. The summed E-state index contributed by atoms with van der Waals surface area (Å²) in [6.07, 6.45) is 3.18. The molecule has 0 bridgehead atoms. The molecule has 0 saturated carbocycles. The highest BCUT2D eigenvalue weighted by molar-refractivity contribution is 5.35. The van der Waals surface area contributed by atoms with Crippen molar-refractivity contribution < 1.29 is 4.92 Å². The van der Waals surface area contributed by atoms with Gasteiger partial charge in [0.05, 0.1) is 10.6 Å². The molecule has 6 nitrogen and oxygen atoms in total. The van der Waals surface area contributed by atoms with Crippen molar-refractivity contribution in [1.29, 1.82) is 0 Å². The first kappa shape index (κ1) is 13.1. The number of benzene rings is 1. The molecule has 1 aromatic heterocycles. The fourth-order valence-electron chi connectivity index (χ4n) is 1.71. The van der Waals surface area contributed by atoms with Crippen LogP contribution in [-0.4, -0.2) is 14.9 Å².